The minimum Gasteiger partial charge on any atom is -0.467 e. The lowest BCUT2D eigenvalue weighted by atomic mass is 10.1. The summed E-state index contributed by atoms with van der Waals surface area (Å²) in [5, 5.41) is 6.48. The average Bonchev–Trinajstić information content (AvgIpc) is 3.21. The van der Waals surface area contributed by atoms with Crippen LogP contribution in [0.4, 0.5) is 0 Å². The molecule has 8 heteroatoms. The van der Waals surface area contributed by atoms with Crippen LogP contribution in [0.15, 0.2) is 52.1 Å². The van der Waals surface area contributed by atoms with Crippen molar-refractivity contribution < 1.29 is 18.7 Å². The van der Waals surface area contributed by atoms with E-state index in [4.69, 9.17) is 13.9 Å². The predicted octanol–water partition coefficient (Wildman–Crippen LogP) is 3.35. The Hall–Kier alpha value is -2.07. The molecule has 0 saturated heterocycles. The van der Waals surface area contributed by atoms with Gasteiger partial charge in [0.2, 0.25) is 0 Å². The van der Waals surface area contributed by atoms with Gasteiger partial charge in [-0.15, -0.1) is 24.0 Å². The number of ether oxygens (including phenoxy) is 2. The van der Waals surface area contributed by atoms with Gasteiger partial charge in [0.25, 0.3) is 0 Å². The quantitative estimate of drug-likeness (QED) is 0.171. The predicted molar refractivity (Wildman–Crippen MR) is 119 cm³/mol. The lowest BCUT2D eigenvalue weighted by molar-refractivity contribution is 0.0526. The van der Waals surface area contributed by atoms with Crippen LogP contribution < -0.4 is 10.6 Å². The van der Waals surface area contributed by atoms with Crippen molar-refractivity contribution in [2.24, 2.45) is 4.99 Å². The summed E-state index contributed by atoms with van der Waals surface area (Å²) in [5.74, 6) is 1.24. The summed E-state index contributed by atoms with van der Waals surface area (Å²) in [5.41, 5.74) is 1.60. The van der Waals surface area contributed by atoms with Crippen molar-refractivity contribution in [1.82, 2.24) is 10.6 Å². The highest BCUT2D eigenvalue weighted by molar-refractivity contribution is 14.0. The lowest BCUT2D eigenvalue weighted by Crippen LogP contribution is -2.37. The van der Waals surface area contributed by atoms with Gasteiger partial charge in [-0.05, 0) is 43.2 Å². The molecular weight excluding hydrogens is 473 g/mol. The topological polar surface area (TPSA) is 85.1 Å². The van der Waals surface area contributed by atoms with E-state index in [0.717, 1.165) is 30.2 Å². The highest BCUT2D eigenvalue weighted by Crippen LogP contribution is 2.06. The van der Waals surface area contributed by atoms with Gasteiger partial charge in [0.15, 0.2) is 5.96 Å². The third-order valence-corrected chi connectivity index (χ3v) is 3.73. The molecule has 2 rings (SSSR count). The molecule has 1 aromatic heterocycles. The molecule has 0 spiro atoms. The number of furan rings is 1. The molecule has 28 heavy (non-hydrogen) atoms. The highest BCUT2D eigenvalue weighted by Gasteiger charge is 2.06. The molecule has 154 valence electrons. The van der Waals surface area contributed by atoms with Gasteiger partial charge in [-0.3, -0.25) is 4.99 Å². The number of aliphatic imine (C=N–C) groups is 1. The Kier molecular flexibility index (Phi) is 12.0. The number of carbonyl (C=O) groups excluding carboxylic acids is 1. The second-order valence-electron chi connectivity index (χ2n) is 5.76. The number of nitrogens with zero attached hydrogens (tertiary/aromatic N) is 1. The van der Waals surface area contributed by atoms with Crippen LogP contribution in [0.3, 0.4) is 0 Å². The lowest BCUT2D eigenvalue weighted by Gasteiger charge is -2.12. The molecule has 0 radical (unpaired) electrons. The van der Waals surface area contributed by atoms with Crippen LogP contribution in [0.1, 0.15) is 35.0 Å². The van der Waals surface area contributed by atoms with E-state index in [1.54, 1.807) is 32.4 Å². The molecule has 1 heterocycles. The first-order valence-corrected chi connectivity index (χ1v) is 9.03. The maximum absolute atomic E-state index is 11.6. The smallest absolute Gasteiger partial charge is 0.338 e. The van der Waals surface area contributed by atoms with Crippen LogP contribution in [0.25, 0.3) is 0 Å². The van der Waals surface area contributed by atoms with Crippen molar-refractivity contribution in [2.45, 2.75) is 26.5 Å². The Morgan fingerprint density at radius 3 is 2.61 bits per heavy atom. The summed E-state index contributed by atoms with van der Waals surface area (Å²) >= 11 is 0. The number of esters is 1. The largest absolute Gasteiger partial charge is 0.467 e. The van der Waals surface area contributed by atoms with Crippen molar-refractivity contribution in [3.05, 3.63) is 59.5 Å². The van der Waals surface area contributed by atoms with Crippen molar-refractivity contribution in [2.75, 3.05) is 26.8 Å². The molecule has 0 aliphatic carbocycles. The maximum atomic E-state index is 11.6. The molecule has 7 nitrogen and oxygen atoms in total. The zero-order valence-corrected chi connectivity index (χ0v) is 18.6. The molecule has 2 N–H and O–H groups in total. The number of benzene rings is 1. The fourth-order valence-electron chi connectivity index (χ4n) is 2.33. The summed E-state index contributed by atoms with van der Waals surface area (Å²) in [6.45, 7) is 4.65. The Bertz CT molecular complexity index is 703. The fourth-order valence-corrected chi connectivity index (χ4v) is 2.33. The maximum Gasteiger partial charge on any atom is 0.338 e. The third-order valence-electron chi connectivity index (χ3n) is 3.73. The molecule has 0 atom stereocenters. The zero-order valence-electron chi connectivity index (χ0n) is 16.3. The monoisotopic (exact) mass is 501 g/mol. The second-order valence-corrected chi connectivity index (χ2v) is 5.76. The van der Waals surface area contributed by atoms with Crippen LogP contribution in [0.2, 0.25) is 0 Å². The molecule has 0 unspecified atom stereocenters. The van der Waals surface area contributed by atoms with Crippen molar-refractivity contribution >= 4 is 35.9 Å². The van der Waals surface area contributed by atoms with Crippen LogP contribution >= 0.6 is 24.0 Å². The first kappa shape index (κ1) is 24.0. The van der Waals surface area contributed by atoms with Gasteiger partial charge in [0.1, 0.15) is 12.4 Å². The van der Waals surface area contributed by atoms with Crippen LogP contribution in [0, 0.1) is 0 Å². The van der Waals surface area contributed by atoms with E-state index < -0.39 is 0 Å². The Balaban J connectivity index is 0.00000392. The Morgan fingerprint density at radius 2 is 1.96 bits per heavy atom. The average molecular weight is 501 g/mol. The van der Waals surface area contributed by atoms with E-state index >= 15 is 0 Å². The number of carbonyl (C=O) groups is 1. The molecule has 0 fully saturated rings. The molecule has 0 amide bonds. The molecule has 1 aromatic carbocycles. The molecule has 0 bridgehead atoms. The van der Waals surface area contributed by atoms with Crippen molar-refractivity contribution in [1.29, 1.82) is 0 Å². The summed E-state index contributed by atoms with van der Waals surface area (Å²) in [7, 11) is 1.73. The fraction of sp³-hybridized carbons (Fsp3) is 0.400. The first-order chi connectivity index (χ1) is 13.2. The molecular formula is C20H28IN3O4. The standard InChI is InChI=1S/C20H27N3O4.HI/c1-3-26-19(24)17-9-7-16(8-10-17)14-23-20(21-2)22-11-5-12-25-15-18-6-4-13-27-18;/h4,6-10,13H,3,5,11-12,14-15H2,1-2H3,(H2,21,22,23);1H. The van der Waals surface area contributed by atoms with E-state index in [-0.39, 0.29) is 29.9 Å². The Labute approximate surface area is 182 Å². The van der Waals surface area contributed by atoms with Gasteiger partial charge in [-0.2, -0.15) is 0 Å². The first-order valence-electron chi connectivity index (χ1n) is 9.03. The highest BCUT2D eigenvalue weighted by atomic mass is 127. The summed E-state index contributed by atoms with van der Waals surface area (Å²) in [6.07, 6.45) is 2.50. The van der Waals surface area contributed by atoms with Gasteiger partial charge in [0, 0.05) is 26.7 Å². The summed E-state index contributed by atoms with van der Waals surface area (Å²) in [6, 6.07) is 11.1. The summed E-state index contributed by atoms with van der Waals surface area (Å²) < 4.78 is 15.7. The van der Waals surface area contributed by atoms with Gasteiger partial charge < -0.3 is 24.5 Å². The van der Waals surface area contributed by atoms with Crippen molar-refractivity contribution in [3.8, 4) is 0 Å². The second kappa shape index (κ2) is 14.0. The van der Waals surface area contributed by atoms with E-state index in [9.17, 15) is 4.79 Å². The molecule has 0 aliphatic rings. The van der Waals surface area contributed by atoms with E-state index in [2.05, 4.69) is 15.6 Å². The van der Waals surface area contributed by atoms with Crippen LogP contribution in [-0.2, 0) is 22.6 Å². The van der Waals surface area contributed by atoms with E-state index in [1.165, 1.54) is 0 Å². The van der Waals surface area contributed by atoms with E-state index in [1.807, 2.05) is 24.3 Å². The normalized spacial score (nSPS) is 10.9. The minimum absolute atomic E-state index is 0. The minimum atomic E-state index is -0.302. The van der Waals surface area contributed by atoms with Gasteiger partial charge in [0.05, 0.1) is 18.4 Å². The summed E-state index contributed by atoms with van der Waals surface area (Å²) in [4.78, 5) is 15.8. The van der Waals surface area contributed by atoms with Gasteiger partial charge in [-0.1, -0.05) is 12.1 Å². The molecule has 0 aliphatic heterocycles. The van der Waals surface area contributed by atoms with Crippen LogP contribution in [-0.4, -0.2) is 38.7 Å². The van der Waals surface area contributed by atoms with Gasteiger partial charge >= 0.3 is 5.97 Å². The number of rotatable bonds is 10. The molecule has 0 saturated carbocycles. The number of hydrogen-bond donors (Lipinski definition) is 2. The number of halogens is 1. The molecule has 2 aromatic rings. The van der Waals surface area contributed by atoms with Crippen molar-refractivity contribution in [3.63, 3.8) is 0 Å². The number of nitrogens with one attached hydrogen (secondary N) is 2. The SMILES string of the molecule is CCOC(=O)c1ccc(CNC(=NC)NCCCOCc2ccco2)cc1.I. The number of hydrogen-bond acceptors (Lipinski definition) is 5. The number of guanidine groups is 1. The third kappa shape index (κ3) is 8.75. The van der Waals surface area contributed by atoms with Gasteiger partial charge in [-0.25, -0.2) is 4.79 Å². The zero-order chi connectivity index (χ0) is 19.3. The Morgan fingerprint density at radius 1 is 1.18 bits per heavy atom. The van der Waals surface area contributed by atoms with Crippen LogP contribution in [0.5, 0.6) is 0 Å². The van der Waals surface area contributed by atoms with E-state index in [0.29, 0.717) is 31.9 Å².